The summed E-state index contributed by atoms with van der Waals surface area (Å²) in [6, 6.07) is 21.9. The van der Waals surface area contributed by atoms with Gasteiger partial charge in [-0.25, -0.2) is 8.42 Å². The van der Waals surface area contributed by atoms with E-state index in [1.54, 1.807) is 24.3 Å². The van der Waals surface area contributed by atoms with Crippen LogP contribution in [0, 0.1) is 0 Å². The van der Waals surface area contributed by atoms with Crippen molar-refractivity contribution in [1.29, 1.82) is 0 Å². The summed E-state index contributed by atoms with van der Waals surface area (Å²) in [7, 11) is -3.65. The molecule has 1 N–H and O–H groups in total. The molecule has 8 heteroatoms. The molecule has 0 bridgehead atoms. The molecular weight excluding hydrogens is 498 g/mol. The summed E-state index contributed by atoms with van der Waals surface area (Å²) in [4.78, 5) is 27.0. The Hall–Kier alpha value is -3.65. The molecule has 198 valence electrons. The first kappa shape index (κ1) is 26.0. The first-order valence-corrected chi connectivity index (χ1v) is 14.7. The molecule has 0 spiro atoms. The first-order chi connectivity index (χ1) is 18.4. The van der Waals surface area contributed by atoms with E-state index < -0.39 is 10.0 Å². The monoisotopic (exact) mass is 531 g/mol. The van der Waals surface area contributed by atoms with Crippen LogP contribution in [-0.4, -0.2) is 44.8 Å². The zero-order chi connectivity index (χ0) is 26.5. The van der Waals surface area contributed by atoms with Crippen LogP contribution in [0.5, 0.6) is 0 Å². The fourth-order valence-electron chi connectivity index (χ4n) is 5.14. The molecule has 2 heterocycles. The minimum Gasteiger partial charge on any atom is -0.342 e. The summed E-state index contributed by atoms with van der Waals surface area (Å²) in [6.45, 7) is 2.16. The normalized spacial score (nSPS) is 15.3. The summed E-state index contributed by atoms with van der Waals surface area (Å²) in [5.74, 6) is 0.0337. The van der Waals surface area contributed by atoms with E-state index in [0.717, 1.165) is 61.2 Å². The molecule has 7 nitrogen and oxygen atoms in total. The number of amides is 2. The summed E-state index contributed by atoms with van der Waals surface area (Å²) in [5, 5.41) is 2.90. The van der Waals surface area contributed by atoms with Crippen molar-refractivity contribution in [2.24, 2.45) is 0 Å². The Morgan fingerprint density at radius 1 is 0.789 bits per heavy atom. The fraction of sp³-hybridized carbons (Fsp3) is 0.333. The van der Waals surface area contributed by atoms with E-state index in [1.807, 2.05) is 53.4 Å². The number of likely N-dealkylation sites (tertiary alicyclic amines) is 1. The predicted molar refractivity (Wildman–Crippen MR) is 149 cm³/mol. The second kappa shape index (κ2) is 11.4. The lowest BCUT2D eigenvalue weighted by molar-refractivity contribution is -0.129. The Morgan fingerprint density at radius 3 is 2.21 bits per heavy atom. The molecule has 3 aromatic carbocycles. The van der Waals surface area contributed by atoms with Gasteiger partial charge in [0, 0.05) is 31.7 Å². The number of aryl methyl sites for hydroxylation is 2. The Labute approximate surface area is 224 Å². The molecule has 38 heavy (non-hydrogen) atoms. The van der Waals surface area contributed by atoms with Crippen LogP contribution in [0.4, 0.5) is 11.4 Å². The van der Waals surface area contributed by atoms with Gasteiger partial charge in [0.05, 0.1) is 17.0 Å². The minimum atomic E-state index is -3.65. The van der Waals surface area contributed by atoms with Crippen molar-refractivity contribution < 1.29 is 18.0 Å². The van der Waals surface area contributed by atoms with Gasteiger partial charge in [0.2, 0.25) is 11.8 Å². The van der Waals surface area contributed by atoms with E-state index in [1.165, 1.54) is 4.31 Å². The zero-order valence-electron chi connectivity index (χ0n) is 21.4. The van der Waals surface area contributed by atoms with Gasteiger partial charge in [0.25, 0.3) is 10.0 Å². The number of nitrogens with one attached hydrogen (secondary N) is 1. The minimum absolute atomic E-state index is 0.118. The van der Waals surface area contributed by atoms with E-state index in [4.69, 9.17) is 0 Å². The molecule has 2 amide bonds. The van der Waals surface area contributed by atoms with E-state index in [2.05, 4.69) is 5.32 Å². The number of carbonyl (C=O) groups is 2. The Kier molecular flexibility index (Phi) is 7.79. The number of benzene rings is 3. The lowest BCUT2D eigenvalue weighted by atomic mass is 10.0. The quantitative estimate of drug-likeness (QED) is 0.462. The molecule has 0 radical (unpaired) electrons. The molecule has 3 aromatic rings. The molecule has 2 aliphatic rings. The van der Waals surface area contributed by atoms with E-state index in [-0.39, 0.29) is 23.1 Å². The van der Waals surface area contributed by atoms with Crippen molar-refractivity contribution in [3.05, 3.63) is 89.5 Å². The molecule has 5 rings (SSSR count). The third kappa shape index (κ3) is 5.91. The van der Waals surface area contributed by atoms with Crippen LogP contribution >= 0.6 is 0 Å². The first-order valence-electron chi connectivity index (χ1n) is 13.3. The summed E-state index contributed by atoms with van der Waals surface area (Å²) >= 11 is 0. The summed E-state index contributed by atoms with van der Waals surface area (Å²) in [5.41, 5.74) is 4.33. The van der Waals surface area contributed by atoms with Gasteiger partial charge in [-0.1, -0.05) is 42.5 Å². The lowest BCUT2D eigenvalue weighted by Gasteiger charge is -2.30. The third-order valence-corrected chi connectivity index (χ3v) is 9.10. The van der Waals surface area contributed by atoms with Gasteiger partial charge in [-0.05, 0) is 79.1 Å². The lowest BCUT2D eigenvalue weighted by Crippen LogP contribution is -2.35. The number of fused-ring (bicyclic) bond motifs is 1. The summed E-state index contributed by atoms with van der Waals surface area (Å²) < 4.78 is 28.1. The standard InChI is InChI=1S/C30H33N3O4S/c34-29(31-26-14-9-24(10-15-26)22-30(35)32-19-3-4-20-32)18-13-23-11-16-27(17-12-23)38(36,37)33-21-5-7-25-6-1-2-8-28(25)33/h1-2,6,8-12,14-17H,3-5,7,13,18-22H2,(H,31,34). The van der Waals surface area contributed by atoms with E-state index >= 15 is 0 Å². The van der Waals surface area contributed by atoms with Gasteiger partial charge in [-0.2, -0.15) is 0 Å². The molecular formula is C30H33N3O4S. The van der Waals surface area contributed by atoms with Crippen LogP contribution in [0.2, 0.25) is 0 Å². The average molecular weight is 532 g/mol. The number of rotatable bonds is 8. The summed E-state index contributed by atoms with van der Waals surface area (Å²) in [6.07, 6.45) is 4.99. The van der Waals surface area contributed by atoms with Gasteiger partial charge < -0.3 is 10.2 Å². The maximum atomic E-state index is 13.3. The number of nitrogens with zero attached hydrogens (tertiary/aromatic N) is 2. The molecule has 0 unspecified atom stereocenters. The highest BCUT2D eigenvalue weighted by Gasteiger charge is 2.28. The van der Waals surface area contributed by atoms with Crippen molar-refractivity contribution in [3.63, 3.8) is 0 Å². The maximum Gasteiger partial charge on any atom is 0.264 e. The second-order valence-electron chi connectivity index (χ2n) is 9.96. The Bertz CT molecular complexity index is 1400. The Balaban J connectivity index is 1.13. The number of hydrogen-bond acceptors (Lipinski definition) is 4. The zero-order valence-corrected chi connectivity index (χ0v) is 22.3. The average Bonchev–Trinajstić information content (AvgIpc) is 3.48. The van der Waals surface area contributed by atoms with Crippen LogP contribution in [0.25, 0.3) is 0 Å². The molecule has 0 aromatic heterocycles. The highest BCUT2D eigenvalue weighted by Crippen LogP contribution is 2.31. The molecule has 0 aliphatic carbocycles. The maximum absolute atomic E-state index is 13.3. The highest BCUT2D eigenvalue weighted by molar-refractivity contribution is 7.92. The third-order valence-electron chi connectivity index (χ3n) is 7.27. The molecule has 1 saturated heterocycles. The molecule has 0 saturated carbocycles. The topological polar surface area (TPSA) is 86.8 Å². The number of para-hydroxylation sites is 1. The fourth-order valence-corrected chi connectivity index (χ4v) is 6.69. The van der Waals surface area contributed by atoms with Crippen LogP contribution in [0.15, 0.2) is 77.7 Å². The molecule has 2 aliphatic heterocycles. The second-order valence-corrected chi connectivity index (χ2v) is 11.8. The van der Waals surface area contributed by atoms with Gasteiger partial charge in [-0.15, -0.1) is 0 Å². The van der Waals surface area contributed by atoms with Crippen molar-refractivity contribution >= 4 is 33.2 Å². The van der Waals surface area contributed by atoms with Crippen molar-refractivity contribution in [3.8, 4) is 0 Å². The van der Waals surface area contributed by atoms with Crippen LogP contribution in [-0.2, 0) is 38.9 Å². The highest BCUT2D eigenvalue weighted by atomic mass is 32.2. The van der Waals surface area contributed by atoms with Crippen LogP contribution < -0.4 is 9.62 Å². The smallest absolute Gasteiger partial charge is 0.264 e. The predicted octanol–water partition coefficient (Wildman–Crippen LogP) is 4.56. The van der Waals surface area contributed by atoms with Crippen molar-refractivity contribution in [1.82, 2.24) is 4.90 Å². The van der Waals surface area contributed by atoms with Gasteiger partial charge in [-0.3, -0.25) is 13.9 Å². The van der Waals surface area contributed by atoms with Gasteiger partial charge in [0.15, 0.2) is 0 Å². The van der Waals surface area contributed by atoms with Crippen LogP contribution in [0.3, 0.4) is 0 Å². The van der Waals surface area contributed by atoms with Gasteiger partial charge >= 0.3 is 0 Å². The van der Waals surface area contributed by atoms with E-state index in [0.29, 0.717) is 25.1 Å². The van der Waals surface area contributed by atoms with Gasteiger partial charge in [0.1, 0.15) is 0 Å². The SMILES string of the molecule is O=C(CCc1ccc(S(=O)(=O)N2CCCc3ccccc32)cc1)Nc1ccc(CC(=O)N2CCCC2)cc1. The number of sulfonamides is 1. The van der Waals surface area contributed by atoms with E-state index in [9.17, 15) is 18.0 Å². The van der Waals surface area contributed by atoms with Crippen molar-refractivity contribution in [2.75, 3.05) is 29.3 Å². The number of anilines is 2. The molecule has 1 fully saturated rings. The number of carbonyl (C=O) groups excluding carboxylic acids is 2. The molecule has 0 atom stereocenters. The van der Waals surface area contributed by atoms with Crippen LogP contribution in [0.1, 0.15) is 42.4 Å². The van der Waals surface area contributed by atoms with Crippen molar-refractivity contribution in [2.45, 2.75) is 49.8 Å². The number of hydrogen-bond donors (Lipinski definition) is 1. The Morgan fingerprint density at radius 2 is 1.47 bits per heavy atom. The largest absolute Gasteiger partial charge is 0.342 e.